The van der Waals surface area contributed by atoms with Crippen molar-refractivity contribution in [2.24, 2.45) is 0 Å². The van der Waals surface area contributed by atoms with E-state index in [2.05, 4.69) is 17.6 Å². The molecule has 6 heteroatoms. The molecule has 0 saturated carbocycles. The van der Waals surface area contributed by atoms with E-state index in [1.54, 1.807) is 11.8 Å². The average molecular weight is 316 g/mol. The lowest BCUT2D eigenvalue weighted by Gasteiger charge is -2.05. The van der Waals surface area contributed by atoms with E-state index >= 15 is 0 Å². The predicted octanol–water partition coefficient (Wildman–Crippen LogP) is 3.79. The SMILES string of the molecule is CCCCCCNc1sc(C(=O)NCC)c(N)c1SC. The number of carbonyl (C=O) groups is 1. The quantitative estimate of drug-likeness (QED) is 0.479. The van der Waals surface area contributed by atoms with Gasteiger partial charge in [-0.05, 0) is 19.6 Å². The van der Waals surface area contributed by atoms with Gasteiger partial charge in [-0.2, -0.15) is 0 Å². The first-order chi connectivity index (χ1) is 9.65. The molecule has 1 amide bonds. The monoisotopic (exact) mass is 315 g/mol. The van der Waals surface area contributed by atoms with Crippen LogP contribution in [-0.2, 0) is 0 Å². The summed E-state index contributed by atoms with van der Waals surface area (Å²) in [7, 11) is 0. The Hall–Kier alpha value is -0.880. The van der Waals surface area contributed by atoms with E-state index < -0.39 is 0 Å². The van der Waals surface area contributed by atoms with Gasteiger partial charge in [-0.25, -0.2) is 0 Å². The first-order valence-corrected chi connectivity index (χ1v) is 9.18. The Kier molecular flexibility index (Phi) is 7.84. The van der Waals surface area contributed by atoms with Gasteiger partial charge in [-0.1, -0.05) is 26.2 Å². The number of amides is 1. The minimum absolute atomic E-state index is 0.0793. The molecule has 1 aromatic heterocycles. The molecule has 0 radical (unpaired) electrons. The van der Waals surface area contributed by atoms with Crippen LogP contribution >= 0.6 is 23.1 Å². The van der Waals surface area contributed by atoms with Gasteiger partial charge in [0.25, 0.3) is 5.91 Å². The summed E-state index contributed by atoms with van der Waals surface area (Å²) in [6.45, 7) is 5.66. The van der Waals surface area contributed by atoms with E-state index in [9.17, 15) is 4.79 Å². The molecule has 20 heavy (non-hydrogen) atoms. The van der Waals surface area contributed by atoms with Crippen LogP contribution in [0.3, 0.4) is 0 Å². The van der Waals surface area contributed by atoms with Crippen molar-refractivity contribution in [3.63, 3.8) is 0 Å². The smallest absolute Gasteiger partial charge is 0.263 e. The molecular formula is C14H25N3OS2. The molecule has 0 atom stereocenters. The summed E-state index contributed by atoms with van der Waals surface area (Å²) in [5.41, 5.74) is 6.69. The van der Waals surface area contributed by atoms with Gasteiger partial charge in [0.2, 0.25) is 0 Å². The maximum Gasteiger partial charge on any atom is 0.263 e. The molecule has 1 rings (SSSR count). The molecule has 0 spiro atoms. The van der Waals surface area contributed by atoms with Gasteiger partial charge in [0.1, 0.15) is 9.88 Å². The van der Waals surface area contributed by atoms with Crippen molar-refractivity contribution in [2.45, 2.75) is 44.4 Å². The Bertz CT molecular complexity index is 432. The van der Waals surface area contributed by atoms with E-state index in [1.807, 2.05) is 13.2 Å². The summed E-state index contributed by atoms with van der Waals surface area (Å²) < 4.78 is 0. The number of unbranched alkanes of at least 4 members (excludes halogenated alkanes) is 3. The van der Waals surface area contributed by atoms with Crippen LogP contribution in [0.1, 0.15) is 49.2 Å². The zero-order valence-electron chi connectivity index (χ0n) is 12.5. The summed E-state index contributed by atoms with van der Waals surface area (Å²) in [6.07, 6.45) is 6.89. The Morgan fingerprint density at radius 2 is 2.05 bits per heavy atom. The van der Waals surface area contributed by atoms with Crippen molar-refractivity contribution in [1.82, 2.24) is 5.32 Å². The Balaban J connectivity index is 2.70. The fourth-order valence-corrected chi connectivity index (χ4v) is 3.89. The van der Waals surface area contributed by atoms with Crippen molar-refractivity contribution in [3.05, 3.63) is 4.88 Å². The van der Waals surface area contributed by atoms with Gasteiger partial charge < -0.3 is 16.4 Å². The molecule has 0 aliphatic heterocycles. The van der Waals surface area contributed by atoms with E-state index in [4.69, 9.17) is 5.73 Å². The second-order valence-electron chi connectivity index (χ2n) is 4.55. The second kappa shape index (κ2) is 9.13. The second-order valence-corrected chi connectivity index (χ2v) is 6.39. The number of nitrogen functional groups attached to an aromatic ring is 1. The molecular weight excluding hydrogens is 290 g/mol. The number of hydrogen-bond donors (Lipinski definition) is 3. The fourth-order valence-electron chi connectivity index (χ4n) is 1.91. The molecule has 1 heterocycles. The number of anilines is 2. The summed E-state index contributed by atoms with van der Waals surface area (Å²) in [5, 5.41) is 7.25. The largest absolute Gasteiger partial charge is 0.396 e. The Labute approximate surface area is 129 Å². The van der Waals surface area contributed by atoms with E-state index in [0.717, 1.165) is 22.9 Å². The number of hydrogen-bond acceptors (Lipinski definition) is 5. The lowest BCUT2D eigenvalue weighted by molar-refractivity contribution is 0.0960. The number of nitrogens with one attached hydrogen (secondary N) is 2. The van der Waals surface area contributed by atoms with Crippen LogP contribution < -0.4 is 16.4 Å². The highest BCUT2D eigenvalue weighted by Gasteiger charge is 2.19. The zero-order valence-corrected chi connectivity index (χ0v) is 14.2. The van der Waals surface area contributed by atoms with Crippen LogP contribution in [0.4, 0.5) is 10.7 Å². The molecule has 0 unspecified atom stereocenters. The number of thioether (sulfide) groups is 1. The normalized spacial score (nSPS) is 10.6. The highest BCUT2D eigenvalue weighted by atomic mass is 32.2. The van der Waals surface area contributed by atoms with Crippen LogP contribution in [0.25, 0.3) is 0 Å². The molecule has 0 aromatic carbocycles. The molecule has 4 N–H and O–H groups in total. The minimum atomic E-state index is -0.0793. The van der Waals surface area contributed by atoms with E-state index in [-0.39, 0.29) is 5.91 Å². The number of thiophene rings is 1. The van der Waals surface area contributed by atoms with Gasteiger partial charge in [0.15, 0.2) is 0 Å². The van der Waals surface area contributed by atoms with Gasteiger partial charge in [-0.15, -0.1) is 23.1 Å². The first kappa shape index (κ1) is 17.2. The molecule has 0 aliphatic rings. The third-order valence-corrected chi connectivity index (χ3v) is 5.09. The number of carbonyl (C=O) groups excluding carboxylic acids is 1. The fraction of sp³-hybridized carbons (Fsp3) is 0.643. The third-order valence-electron chi connectivity index (χ3n) is 2.96. The average Bonchev–Trinajstić information content (AvgIpc) is 2.75. The predicted molar refractivity (Wildman–Crippen MR) is 91.2 cm³/mol. The lowest BCUT2D eigenvalue weighted by Crippen LogP contribution is -2.22. The molecule has 1 aromatic rings. The maximum atomic E-state index is 11.9. The molecule has 4 nitrogen and oxygen atoms in total. The van der Waals surface area contributed by atoms with Crippen LogP contribution in [-0.4, -0.2) is 25.3 Å². The molecule has 0 fully saturated rings. The van der Waals surface area contributed by atoms with E-state index in [1.165, 1.54) is 30.6 Å². The van der Waals surface area contributed by atoms with Crippen molar-refractivity contribution in [3.8, 4) is 0 Å². The summed E-state index contributed by atoms with van der Waals surface area (Å²) in [4.78, 5) is 13.6. The van der Waals surface area contributed by atoms with Crippen LogP contribution in [0, 0.1) is 0 Å². The molecule has 0 aliphatic carbocycles. The number of rotatable bonds is 9. The van der Waals surface area contributed by atoms with Gasteiger partial charge in [0, 0.05) is 13.1 Å². The standard InChI is InChI=1S/C14H25N3OS2/c1-4-6-7-8-9-17-14-12(19-3)10(15)11(20-14)13(18)16-5-2/h17H,4-9,15H2,1-3H3,(H,16,18). The third kappa shape index (κ3) is 4.59. The maximum absolute atomic E-state index is 11.9. The molecule has 114 valence electrons. The Morgan fingerprint density at radius 1 is 1.30 bits per heavy atom. The topological polar surface area (TPSA) is 67.2 Å². The molecule has 0 bridgehead atoms. The van der Waals surface area contributed by atoms with Crippen molar-refractivity contribution in [2.75, 3.05) is 30.4 Å². The van der Waals surface area contributed by atoms with Crippen molar-refractivity contribution >= 4 is 39.7 Å². The summed E-state index contributed by atoms with van der Waals surface area (Å²) in [6, 6.07) is 0. The first-order valence-electron chi connectivity index (χ1n) is 7.13. The van der Waals surface area contributed by atoms with Crippen molar-refractivity contribution in [1.29, 1.82) is 0 Å². The van der Waals surface area contributed by atoms with Crippen LogP contribution in [0.5, 0.6) is 0 Å². The van der Waals surface area contributed by atoms with Gasteiger partial charge in [-0.3, -0.25) is 4.79 Å². The molecule has 0 saturated heterocycles. The highest BCUT2D eigenvalue weighted by Crippen LogP contribution is 2.41. The van der Waals surface area contributed by atoms with E-state index in [0.29, 0.717) is 17.1 Å². The zero-order chi connectivity index (χ0) is 15.0. The highest BCUT2D eigenvalue weighted by molar-refractivity contribution is 7.99. The van der Waals surface area contributed by atoms with Gasteiger partial charge >= 0.3 is 0 Å². The lowest BCUT2D eigenvalue weighted by atomic mass is 10.2. The van der Waals surface area contributed by atoms with Crippen LogP contribution in [0.15, 0.2) is 4.90 Å². The number of nitrogens with two attached hydrogens (primary N) is 1. The summed E-state index contributed by atoms with van der Waals surface area (Å²) in [5.74, 6) is -0.0793. The minimum Gasteiger partial charge on any atom is -0.396 e. The van der Waals surface area contributed by atoms with Crippen LogP contribution in [0.2, 0.25) is 0 Å². The Morgan fingerprint density at radius 3 is 2.65 bits per heavy atom. The van der Waals surface area contributed by atoms with Crippen molar-refractivity contribution < 1.29 is 4.79 Å². The van der Waals surface area contributed by atoms with Gasteiger partial charge in [0.05, 0.1) is 10.6 Å². The summed E-state index contributed by atoms with van der Waals surface area (Å²) >= 11 is 3.04.